The summed E-state index contributed by atoms with van der Waals surface area (Å²) < 4.78 is 0. The van der Waals surface area contributed by atoms with E-state index in [-0.39, 0.29) is 0 Å². The molecule has 0 radical (unpaired) electrons. The maximum atomic E-state index is 10.9. The van der Waals surface area contributed by atoms with Gasteiger partial charge in [0.15, 0.2) is 0 Å². The fourth-order valence-electron chi connectivity index (χ4n) is 0.696. The monoisotopic (exact) mass is 218 g/mol. The lowest BCUT2D eigenvalue weighted by Crippen LogP contribution is -2.74. The molecule has 9 heteroatoms. The minimum Gasteiger partial charge on any atom is -0.365 e. The fraction of sp³-hybridized carbons (Fsp3) is 0.500. The SMILES string of the molecule is NCC(=O)NC(N)(NC(=O)CN)C(N)=O. The molecule has 0 aromatic carbocycles. The molecular formula is C6H14N6O3. The van der Waals surface area contributed by atoms with Crippen LogP contribution in [-0.2, 0) is 14.4 Å². The maximum absolute atomic E-state index is 10.9. The molecule has 0 unspecified atom stereocenters. The lowest BCUT2D eigenvalue weighted by atomic mass is 10.3. The van der Waals surface area contributed by atoms with Gasteiger partial charge in [0.1, 0.15) is 0 Å². The first-order valence-electron chi connectivity index (χ1n) is 3.96. The maximum Gasteiger partial charge on any atom is 0.280 e. The number of nitrogens with two attached hydrogens (primary N) is 4. The number of amides is 3. The van der Waals surface area contributed by atoms with Crippen molar-refractivity contribution in [2.75, 3.05) is 13.1 Å². The average molecular weight is 218 g/mol. The van der Waals surface area contributed by atoms with Crippen LogP contribution in [0.15, 0.2) is 0 Å². The molecule has 0 aliphatic carbocycles. The van der Waals surface area contributed by atoms with E-state index in [4.69, 9.17) is 22.9 Å². The van der Waals surface area contributed by atoms with Crippen molar-refractivity contribution < 1.29 is 14.4 Å². The molecule has 0 saturated carbocycles. The molecule has 0 fully saturated rings. The van der Waals surface area contributed by atoms with Crippen LogP contribution in [0.5, 0.6) is 0 Å². The fourth-order valence-corrected chi connectivity index (χ4v) is 0.696. The third kappa shape index (κ3) is 3.89. The van der Waals surface area contributed by atoms with Gasteiger partial charge in [-0.2, -0.15) is 0 Å². The molecule has 10 N–H and O–H groups in total. The van der Waals surface area contributed by atoms with Crippen LogP contribution in [0.3, 0.4) is 0 Å². The minimum atomic E-state index is -2.17. The first kappa shape index (κ1) is 13.3. The van der Waals surface area contributed by atoms with Crippen molar-refractivity contribution in [2.24, 2.45) is 22.9 Å². The van der Waals surface area contributed by atoms with Crippen LogP contribution < -0.4 is 33.6 Å². The summed E-state index contributed by atoms with van der Waals surface area (Å²) in [6.45, 7) is -0.796. The molecule has 0 bridgehead atoms. The van der Waals surface area contributed by atoms with Gasteiger partial charge in [-0.3, -0.25) is 20.1 Å². The van der Waals surface area contributed by atoms with Crippen molar-refractivity contribution in [3.63, 3.8) is 0 Å². The number of rotatable bonds is 5. The summed E-state index contributed by atoms with van der Waals surface area (Å²) >= 11 is 0. The molecule has 9 nitrogen and oxygen atoms in total. The van der Waals surface area contributed by atoms with Crippen molar-refractivity contribution in [3.8, 4) is 0 Å². The smallest absolute Gasteiger partial charge is 0.280 e. The Labute approximate surface area is 85.5 Å². The molecule has 15 heavy (non-hydrogen) atoms. The van der Waals surface area contributed by atoms with Gasteiger partial charge in [-0.15, -0.1) is 0 Å². The second-order valence-electron chi connectivity index (χ2n) is 2.68. The summed E-state index contributed by atoms with van der Waals surface area (Å²) in [5.74, 6) is -4.79. The Morgan fingerprint density at radius 1 is 1.00 bits per heavy atom. The summed E-state index contributed by atoms with van der Waals surface area (Å²) in [6, 6.07) is 0. The Balaban J connectivity index is 4.67. The number of carbonyl (C=O) groups is 3. The van der Waals surface area contributed by atoms with Crippen LogP contribution in [0.25, 0.3) is 0 Å². The molecule has 0 spiro atoms. The second kappa shape index (κ2) is 5.24. The normalized spacial score (nSPS) is 10.6. The number of nitrogens with one attached hydrogen (secondary N) is 2. The number of hydrogen-bond acceptors (Lipinski definition) is 6. The zero-order chi connectivity index (χ0) is 12.1. The topological polar surface area (TPSA) is 179 Å². The minimum absolute atomic E-state index is 0.398. The van der Waals surface area contributed by atoms with E-state index in [1.165, 1.54) is 0 Å². The van der Waals surface area contributed by atoms with Crippen molar-refractivity contribution in [3.05, 3.63) is 0 Å². The van der Waals surface area contributed by atoms with Gasteiger partial charge in [0.25, 0.3) is 5.91 Å². The molecule has 0 rings (SSSR count). The van der Waals surface area contributed by atoms with E-state index in [1.54, 1.807) is 0 Å². The Morgan fingerprint density at radius 2 is 1.33 bits per heavy atom. The molecule has 0 aromatic rings. The van der Waals surface area contributed by atoms with Crippen LogP contribution in [0.1, 0.15) is 0 Å². The summed E-state index contributed by atoms with van der Waals surface area (Å²) in [5.41, 5.74) is 20.2. The quantitative estimate of drug-likeness (QED) is 0.252. The van der Waals surface area contributed by atoms with Crippen molar-refractivity contribution in [1.29, 1.82) is 0 Å². The van der Waals surface area contributed by atoms with Gasteiger partial charge < -0.3 is 27.8 Å². The Kier molecular flexibility index (Phi) is 4.64. The molecule has 86 valence electrons. The largest absolute Gasteiger partial charge is 0.365 e. The summed E-state index contributed by atoms with van der Waals surface area (Å²) in [4.78, 5) is 32.7. The summed E-state index contributed by atoms with van der Waals surface area (Å²) in [6.07, 6.45) is 0. The highest BCUT2D eigenvalue weighted by Gasteiger charge is 2.34. The molecule has 0 atom stereocenters. The number of carbonyl (C=O) groups excluding carboxylic acids is 3. The Bertz CT molecular complexity index is 260. The van der Waals surface area contributed by atoms with Gasteiger partial charge in [-0.1, -0.05) is 0 Å². The van der Waals surface area contributed by atoms with Crippen LogP contribution in [0, 0.1) is 0 Å². The predicted octanol–water partition coefficient (Wildman–Crippen LogP) is -4.77. The van der Waals surface area contributed by atoms with Gasteiger partial charge in [0.05, 0.1) is 13.1 Å². The third-order valence-electron chi connectivity index (χ3n) is 1.43. The molecular weight excluding hydrogens is 204 g/mol. The van der Waals surface area contributed by atoms with E-state index >= 15 is 0 Å². The standard InChI is InChI=1S/C6H14N6O3/c7-1-3(13)11-6(10,5(9)15)12-4(14)2-8/h1-2,7-8,10H2,(H2,9,15)(H,11,13)(H,12,14). The van der Waals surface area contributed by atoms with E-state index in [0.717, 1.165) is 0 Å². The number of primary amides is 1. The average Bonchev–Trinajstić information content (AvgIpc) is 2.16. The molecule has 0 saturated heterocycles. The van der Waals surface area contributed by atoms with Crippen LogP contribution in [0.2, 0.25) is 0 Å². The highest BCUT2D eigenvalue weighted by Crippen LogP contribution is 1.88. The van der Waals surface area contributed by atoms with Crippen molar-refractivity contribution in [1.82, 2.24) is 10.6 Å². The van der Waals surface area contributed by atoms with Gasteiger partial charge in [0, 0.05) is 0 Å². The van der Waals surface area contributed by atoms with E-state index in [2.05, 4.69) is 0 Å². The van der Waals surface area contributed by atoms with E-state index in [9.17, 15) is 14.4 Å². The van der Waals surface area contributed by atoms with Crippen molar-refractivity contribution in [2.45, 2.75) is 5.79 Å². The van der Waals surface area contributed by atoms with E-state index in [1.807, 2.05) is 10.6 Å². The third-order valence-corrected chi connectivity index (χ3v) is 1.43. The summed E-state index contributed by atoms with van der Waals surface area (Å²) in [7, 11) is 0. The second-order valence-corrected chi connectivity index (χ2v) is 2.68. The van der Waals surface area contributed by atoms with Gasteiger partial charge >= 0.3 is 0 Å². The van der Waals surface area contributed by atoms with Gasteiger partial charge in [-0.25, -0.2) is 0 Å². The predicted molar refractivity (Wildman–Crippen MR) is 50.5 cm³/mol. The highest BCUT2D eigenvalue weighted by atomic mass is 16.2. The lowest BCUT2D eigenvalue weighted by Gasteiger charge is -2.27. The van der Waals surface area contributed by atoms with Gasteiger partial charge in [-0.05, 0) is 0 Å². The molecule has 3 amide bonds. The van der Waals surface area contributed by atoms with E-state index < -0.39 is 36.6 Å². The molecule has 0 aliphatic rings. The zero-order valence-corrected chi connectivity index (χ0v) is 7.95. The zero-order valence-electron chi connectivity index (χ0n) is 7.95. The van der Waals surface area contributed by atoms with Crippen LogP contribution >= 0.6 is 0 Å². The highest BCUT2D eigenvalue weighted by molar-refractivity contribution is 5.94. The first-order chi connectivity index (χ1) is 6.85. The van der Waals surface area contributed by atoms with Crippen molar-refractivity contribution >= 4 is 17.7 Å². The first-order valence-corrected chi connectivity index (χ1v) is 3.96. The Morgan fingerprint density at radius 3 is 1.53 bits per heavy atom. The molecule has 0 aliphatic heterocycles. The molecule has 0 heterocycles. The van der Waals surface area contributed by atoms with E-state index in [0.29, 0.717) is 0 Å². The van der Waals surface area contributed by atoms with Crippen LogP contribution in [-0.4, -0.2) is 36.6 Å². The molecule has 0 aromatic heterocycles. The van der Waals surface area contributed by atoms with Gasteiger partial charge in [0.2, 0.25) is 17.6 Å². The number of hydrogen-bond donors (Lipinski definition) is 6. The lowest BCUT2D eigenvalue weighted by molar-refractivity contribution is -0.136. The Hall–Kier alpha value is -1.71. The summed E-state index contributed by atoms with van der Waals surface area (Å²) in [5, 5.41) is 3.92. The van der Waals surface area contributed by atoms with Crippen LogP contribution in [0.4, 0.5) is 0 Å².